The number of hydrogen-bond donors (Lipinski definition) is 1. The Bertz CT molecular complexity index is 464. The third-order valence-corrected chi connectivity index (χ3v) is 5.53. The molecular formula is C14H20N2O2S. The van der Waals surface area contributed by atoms with Crippen molar-refractivity contribution < 1.29 is 9.53 Å². The Morgan fingerprint density at radius 2 is 2.16 bits per heavy atom. The second-order valence-corrected chi connectivity index (χ2v) is 6.48. The minimum absolute atomic E-state index is 0.0406. The number of hydrogen-bond acceptors (Lipinski definition) is 4. The van der Waals surface area contributed by atoms with Crippen LogP contribution in [0.2, 0.25) is 0 Å². The maximum atomic E-state index is 12.3. The van der Waals surface area contributed by atoms with Crippen LogP contribution in [0.25, 0.3) is 0 Å². The van der Waals surface area contributed by atoms with Gasteiger partial charge in [-0.05, 0) is 50.9 Å². The number of piperidine rings is 3. The predicted octanol–water partition coefficient (Wildman–Crippen LogP) is 1.97. The molecule has 0 unspecified atom stereocenters. The molecule has 1 aromatic rings. The van der Waals surface area contributed by atoms with Gasteiger partial charge in [-0.1, -0.05) is 11.3 Å². The van der Waals surface area contributed by atoms with Crippen molar-refractivity contribution in [2.45, 2.75) is 31.8 Å². The predicted molar refractivity (Wildman–Crippen MR) is 75.9 cm³/mol. The van der Waals surface area contributed by atoms with Crippen LogP contribution in [0.5, 0.6) is 5.06 Å². The number of carbonyl (C=O) groups excluding carboxylic acids is 1. The molecule has 3 aliphatic heterocycles. The Labute approximate surface area is 117 Å². The van der Waals surface area contributed by atoms with Crippen molar-refractivity contribution in [2.24, 2.45) is 5.92 Å². The summed E-state index contributed by atoms with van der Waals surface area (Å²) in [7, 11) is 1.63. The number of nitrogens with one attached hydrogen (secondary N) is 1. The number of fused-ring (bicyclic) bond motifs is 3. The molecule has 0 aromatic carbocycles. The summed E-state index contributed by atoms with van der Waals surface area (Å²) in [5.41, 5.74) is 0. The first-order chi connectivity index (χ1) is 9.19. The zero-order valence-electron chi connectivity index (χ0n) is 11.4. The summed E-state index contributed by atoms with van der Waals surface area (Å²) in [5.74, 6) is 0.685. The van der Waals surface area contributed by atoms with Crippen LogP contribution in [0.15, 0.2) is 12.1 Å². The van der Waals surface area contributed by atoms with E-state index in [0.717, 1.165) is 9.94 Å². The third kappa shape index (κ3) is 2.37. The van der Waals surface area contributed by atoms with E-state index in [0.29, 0.717) is 18.0 Å². The molecular weight excluding hydrogens is 260 g/mol. The number of thiophene rings is 1. The van der Waals surface area contributed by atoms with E-state index < -0.39 is 0 Å². The molecule has 2 bridgehead atoms. The van der Waals surface area contributed by atoms with Gasteiger partial charge in [-0.2, -0.15) is 0 Å². The first kappa shape index (κ1) is 12.9. The van der Waals surface area contributed by atoms with E-state index >= 15 is 0 Å². The van der Waals surface area contributed by atoms with Crippen molar-refractivity contribution in [3.8, 4) is 5.06 Å². The smallest absolute Gasteiger partial charge is 0.261 e. The van der Waals surface area contributed by atoms with E-state index in [1.165, 1.54) is 37.3 Å². The number of methoxy groups -OCH3 is 1. The molecule has 1 aromatic heterocycles. The first-order valence-electron chi connectivity index (χ1n) is 6.88. The number of amides is 1. The fourth-order valence-corrected chi connectivity index (χ4v) is 4.04. The summed E-state index contributed by atoms with van der Waals surface area (Å²) < 4.78 is 5.14. The highest BCUT2D eigenvalue weighted by Gasteiger charge is 2.40. The molecule has 4 nitrogen and oxygen atoms in total. The van der Waals surface area contributed by atoms with E-state index in [-0.39, 0.29) is 5.91 Å². The SMILES string of the molecule is COc1ccc(C(=O)N[C@@H]2C3CCN(CC3)[C@H]2C)s1. The van der Waals surface area contributed by atoms with Crippen molar-refractivity contribution in [2.75, 3.05) is 20.2 Å². The molecule has 3 saturated heterocycles. The molecule has 3 fully saturated rings. The minimum atomic E-state index is 0.0406. The highest BCUT2D eigenvalue weighted by Crippen LogP contribution is 2.32. The molecule has 1 N–H and O–H groups in total. The molecule has 0 radical (unpaired) electrons. The number of nitrogens with zero attached hydrogens (tertiary/aromatic N) is 1. The molecule has 0 spiro atoms. The molecule has 19 heavy (non-hydrogen) atoms. The van der Waals surface area contributed by atoms with Gasteiger partial charge in [0.2, 0.25) is 0 Å². The highest BCUT2D eigenvalue weighted by molar-refractivity contribution is 7.15. The van der Waals surface area contributed by atoms with Crippen LogP contribution in [-0.4, -0.2) is 43.1 Å². The molecule has 0 aliphatic carbocycles. The summed E-state index contributed by atoms with van der Waals surface area (Å²) in [6.07, 6.45) is 2.42. The number of rotatable bonds is 3. The van der Waals surface area contributed by atoms with Crippen LogP contribution >= 0.6 is 11.3 Å². The van der Waals surface area contributed by atoms with Crippen LogP contribution < -0.4 is 10.1 Å². The zero-order valence-corrected chi connectivity index (χ0v) is 12.2. The second-order valence-electron chi connectivity index (χ2n) is 5.44. The molecule has 0 saturated carbocycles. The van der Waals surface area contributed by atoms with E-state index in [1.807, 2.05) is 12.1 Å². The van der Waals surface area contributed by atoms with E-state index in [4.69, 9.17) is 4.74 Å². The van der Waals surface area contributed by atoms with Gasteiger partial charge in [-0.15, -0.1) is 0 Å². The molecule has 104 valence electrons. The van der Waals surface area contributed by atoms with Crippen molar-refractivity contribution in [1.82, 2.24) is 10.2 Å². The van der Waals surface area contributed by atoms with Crippen LogP contribution in [0, 0.1) is 5.92 Å². The van der Waals surface area contributed by atoms with Crippen LogP contribution in [0.1, 0.15) is 29.4 Å². The van der Waals surface area contributed by atoms with Gasteiger partial charge in [0.25, 0.3) is 5.91 Å². The fraction of sp³-hybridized carbons (Fsp3) is 0.643. The summed E-state index contributed by atoms with van der Waals surface area (Å²) in [5, 5.41) is 4.01. The lowest BCUT2D eigenvalue weighted by Crippen LogP contribution is -2.62. The summed E-state index contributed by atoms with van der Waals surface area (Å²) in [6, 6.07) is 4.44. The van der Waals surface area contributed by atoms with Crippen molar-refractivity contribution >= 4 is 17.2 Å². The average molecular weight is 280 g/mol. The Hall–Kier alpha value is -1.07. The van der Waals surface area contributed by atoms with Gasteiger partial charge in [-0.25, -0.2) is 0 Å². The van der Waals surface area contributed by atoms with Gasteiger partial charge in [0.05, 0.1) is 12.0 Å². The van der Waals surface area contributed by atoms with Crippen molar-refractivity contribution in [3.05, 3.63) is 17.0 Å². The Balaban J connectivity index is 1.69. The lowest BCUT2D eigenvalue weighted by Gasteiger charge is -2.49. The van der Waals surface area contributed by atoms with E-state index in [9.17, 15) is 4.79 Å². The maximum absolute atomic E-state index is 12.3. The van der Waals surface area contributed by atoms with Gasteiger partial charge < -0.3 is 10.1 Å². The normalized spacial score (nSPS) is 33.2. The average Bonchev–Trinajstić information content (AvgIpc) is 2.92. The number of carbonyl (C=O) groups is 1. The fourth-order valence-electron chi connectivity index (χ4n) is 3.32. The monoisotopic (exact) mass is 280 g/mol. The Morgan fingerprint density at radius 1 is 1.42 bits per heavy atom. The van der Waals surface area contributed by atoms with Crippen LogP contribution in [-0.2, 0) is 0 Å². The van der Waals surface area contributed by atoms with Crippen LogP contribution in [0.4, 0.5) is 0 Å². The quantitative estimate of drug-likeness (QED) is 0.920. The Morgan fingerprint density at radius 3 is 2.74 bits per heavy atom. The van der Waals surface area contributed by atoms with E-state index in [2.05, 4.69) is 17.1 Å². The standard InChI is InChI=1S/C14H20N2O2S/c1-9-13(10-5-7-16(9)8-6-10)15-14(17)11-3-4-12(18-2)19-11/h3-4,9-10,13H,5-8H2,1-2H3,(H,15,17)/t9-,13-/m0/s1. The zero-order chi connectivity index (χ0) is 13.4. The first-order valence-corrected chi connectivity index (χ1v) is 7.69. The summed E-state index contributed by atoms with van der Waals surface area (Å²) in [4.78, 5) is 15.5. The lowest BCUT2D eigenvalue weighted by molar-refractivity contribution is 0.0218. The van der Waals surface area contributed by atoms with Gasteiger partial charge >= 0.3 is 0 Å². The highest BCUT2D eigenvalue weighted by atomic mass is 32.1. The van der Waals surface area contributed by atoms with Gasteiger partial charge in [0.15, 0.2) is 5.06 Å². The minimum Gasteiger partial charge on any atom is -0.487 e. The topological polar surface area (TPSA) is 41.6 Å². The van der Waals surface area contributed by atoms with E-state index in [1.54, 1.807) is 7.11 Å². The molecule has 1 amide bonds. The Kier molecular flexibility index (Phi) is 3.50. The molecule has 5 heteroatoms. The van der Waals surface area contributed by atoms with Gasteiger partial charge in [-0.3, -0.25) is 9.69 Å². The van der Waals surface area contributed by atoms with Gasteiger partial charge in [0, 0.05) is 12.1 Å². The second kappa shape index (κ2) is 5.13. The van der Waals surface area contributed by atoms with Crippen molar-refractivity contribution in [1.29, 1.82) is 0 Å². The largest absolute Gasteiger partial charge is 0.487 e. The van der Waals surface area contributed by atoms with Crippen molar-refractivity contribution in [3.63, 3.8) is 0 Å². The summed E-state index contributed by atoms with van der Waals surface area (Å²) in [6.45, 7) is 4.60. The third-order valence-electron chi connectivity index (χ3n) is 4.48. The molecule has 3 aliphatic rings. The van der Waals surface area contributed by atoms with Gasteiger partial charge in [0.1, 0.15) is 0 Å². The van der Waals surface area contributed by atoms with Crippen LogP contribution in [0.3, 0.4) is 0 Å². The summed E-state index contributed by atoms with van der Waals surface area (Å²) >= 11 is 1.40. The molecule has 4 heterocycles. The maximum Gasteiger partial charge on any atom is 0.261 e. The number of ether oxygens (including phenoxy) is 1. The lowest BCUT2D eigenvalue weighted by atomic mass is 9.79. The molecule has 4 rings (SSSR count). The molecule has 2 atom stereocenters.